The van der Waals surface area contributed by atoms with Crippen molar-refractivity contribution in [2.24, 2.45) is 11.7 Å². The standard InChI is InChI=1S/C21H23N3O2/c22-13-17-11-16(12-18(17)25)21-23-20(24-26-21)19(14-7-3-1-4-8-14)15-9-5-2-6-10-15/h1-10,16-19,25H,11-13,22H2/t16-,17+,18+/m1/s1. The van der Waals surface area contributed by atoms with Crippen LogP contribution in [-0.4, -0.2) is 27.9 Å². The number of rotatable bonds is 5. The predicted octanol–water partition coefficient (Wildman–Crippen LogP) is 3.06. The highest BCUT2D eigenvalue weighted by Crippen LogP contribution is 2.38. The fraction of sp³-hybridized carbons (Fsp3) is 0.333. The topological polar surface area (TPSA) is 85.2 Å². The maximum Gasteiger partial charge on any atom is 0.229 e. The van der Waals surface area contributed by atoms with Crippen molar-refractivity contribution in [1.82, 2.24) is 10.1 Å². The molecule has 1 fully saturated rings. The lowest BCUT2D eigenvalue weighted by molar-refractivity contribution is 0.135. The molecule has 1 aliphatic rings. The first-order chi connectivity index (χ1) is 12.8. The van der Waals surface area contributed by atoms with Gasteiger partial charge in [0.05, 0.1) is 12.0 Å². The number of nitrogens with two attached hydrogens (primary N) is 1. The fourth-order valence-corrected chi connectivity index (χ4v) is 3.87. The monoisotopic (exact) mass is 349 g/mol. The Bertz CT molecular complexity index is 795. The van der Waals surface area contributed by atoms with E-state index < -0.39 is 0 Å². The zero-order chi connectivity index (χ0) is 17.9. The van der Waals surface area contributed by atoms with Gasteiger partial charge in [-0.15, -0.1) is 0 Å². The number of aliphatic hydroxyl groups is 1. The molecule has 3 aromatic rings. The Morgan fingerprint density at radius 3 is 2.15 bits per heavy atom. The second-order valence-corrected chi connectivity index (χ2v) is 6.98. The quantitative estimate of drug-likeness (QED) is 0.739. The van der Waals surface area contributed by atoms with Gasteiger partial charge >= 0.3 is 0 Å². The molecule has 0 saturated heterocycles. The zero-order valence-corrected chi connectivity index (χ0v) is 14.5. The largest absolute Gasteiger partial charge is 0.393 e. The van der Waals surface area contributed by atoms with Gasteiger partial charge in [0.1, 0.15) is 0 Å². The predicted molar refractivity (Wildman–Crippen MR) is 98.7 cm³/mol. The minimum Gasteiger partial charge on any atom is -0.393 e. The average Bonchev–Trinajstić information content (AvgIpc) is 3.30. The summed E-state index contributed by atoms with van der Waals surface area (Å²) in [6, 6.07) is 20.4. The molecule has 0 aliphatic heterocycles. The van der Waals surface area contributed by atoms with E-state index in [2.05, 4.69) is 29.4 Å². The maximum absolute atomic E-state index is 10.1. The van der Waals surface area contributed by atoms with Crippen molar-refractivity contribution in [1.29, 1.82) is 0 Å². The Balaban J connectivity index is 1.67. The van der Waals surface area contributed by atoms with E-state index in [-0.39, 0.29) is 23.9 Å². The summed E-state index contributed by atoms with van der Waals surface area (Å²) in [4.78, 5) is 4.72. The van der Waals surface area contributed by atoms with Crippen LogP contribution in [-0.2, 0) is 0 Å². The highest BCUT2D eigenvalue weighted by molar-refractivity contribution is 5.38. The molecule has 1 saturated carbocycles. The Morgan fingerprint density at radius 1 is 1.00 bits per heavy atom. The average molecular weight is 349 g/mol. The number of hydrogen-bond donors (Lipinski definition) is 2. The number of hydrogen-bond acceptors (Lipinski definition) is 5. The third kappa shape index (κ3) is 3.28. The molecule has 0 spiro atoms. The molecular formula is C21H23N3O2. The van der Waals surface area contributed by atoms with Crippen molar-refractivity contribution in [3.8, 4) is 0 Å². The second-order valence-electron chi connectivity index (χ2n) is 6.98. The van der Waals surface area contributed by atoms with E-state index in [0.29, 0.717) is 24.7 Å². The molecule has 1 aliphatic carbocycles. The van der Waals surface area contributed by atoms with Crippen LogP contribution >= 0.6 is 0 Å². The van der Waals surface area contributed by atoms with Crippen molar-refractivity contribution in [2.45, 2.75) is 30.8 Å². The molecule has 5 heteroatoms. The summed E-state index contributed by atoms with van der Waals surface area (Å²) < 4.78 is 5.60. The number of aliphatic hydroxyl groups excluding tert-OH is 1. The van der Waals surface area contributed by atoms with Gasteiger partial charge in [0.15, 0.2) is 5.82 Å². The van der Waals surface area contributed by atoms with Gasteiger partial charge in [-0.3, -0.25) is 0 Å². The summed E-state index contributed by atoms with van der Waals surface area (Å²) in [5, 5.41) is 14.4. The lowest BCUT2D eigenvalue weighted by Gasteiger charge is -2.14. The van der Waals surface area contributed by atoms with Gasteiger partial charge in [0.2, 0.25) is 5.89 Å². The van der Waals surface area contributed by atoms with Crippen molar-refractivity contribution < 1.29 is 9.63 Å². The van der Waals surface area contributed by atoms with Gasteiger partial charge < -0.3 is 15.4 Å². The van der Waals surface area contributed by atoms with Gasteiger partial charge in [0.25, 0.3) is 0 Å². The van der Waals surface area contributed by atoms with Gasteiger partial charge in [-0.2, -0.15) is 4.98 Å². The van der Waals surface area contributed by atoms with Gasteiger partial charge in [0, 0.05) is 5.92 Å². The van der Waals surface area contributed by atoms with Crippen LogP contribution in [0.4, 0.5) is 0 Å². The lowest BCUT2D eigenvalue weighted by atomic mass is 9.91. The minimum absolute atomic E-state index is 0.0759. The fourth-order valence-electron chi connectivity index (χ4n) is 3.87. The third-order valence-electron chi connectivity index (χ3n) is 5.29. The van der Waals surface area contributed by atoms with Crippen LogP contribution in [0.2, 0.25) is 0 Å². The summed E-state index contributed by atoms with van der Waals surface area (Å²) in [6.07, 6.45) is 1.03. The molecule has 2 aromatic carbocycles. The normalized spacial score (nSPS) is 22.8. The molecule has 3 atom stereocenters. The highest BCUT2D eigenvalue weighted by atomic mass is 16.5. The molecule has 4 rings (SSSR count). The Kier molecular flexibility index (Phi) is 4.82. The third-order valence-corrected chi connectivity index (χ3v) is 5.29. The van der Waals surface area contributed by atoms with Crippen molar-refractivity contribution in [3.05, 3.63) is 83.5 Å². The molecule has 0 bridgehead atoms. The van der Waals surface area contributed by atoms with E-state index in [1.165, 1.54) is 0 Å². The summed E-state index contributed by atoms with van der Waals surface area (Å²) in [6.45, 7) is 0.481. The molecule has 134 valence electrons. The van der Waals surface area contributed by atoms with Gasteiger partial charge in [-0.1, -0.05) is 65.8 Å². The molecule has 1 aromatic heterocycles. The summed E-state index contributed by atoms with van der Waals surface area (Å²) >= 11 is 0. The van der Waals surface area contributed by atoms with E-state index in [0.717, 1.165) is 17.5 Å². The highest BCUT2D eigenvalue weighted by Gasteiger charge is 2.36. The summed E-state index contributed by atoms with van der Waals surface area (Å²) in [5.74, 6) is 1.36. The Hall–Kier alpha value is -2.50. The van der Waals surface area contributed by atoms with E-state index in [1.54, 1.807) is 0 Å². The maximum atomic E-state index is 10.1. The van der Waals surface area contributed by atoms with Crippen molar-refractivity contribution in [3.63, 3.8) is 0 Å². The molecule has 1 heterocycles. The van der Waals surface area contributed by atoms with Crippen LogP contribution in [0.15, 0.2) is 65.2 Å². The van der Waals surface area contributed by atoms with Crippen molar-refractivity contribution >= 4 is 0 Å². The smallest absolute Gasteiger partial charge is 0.229 e. The molecule has 5 nitrogen and oxygen atoms in total. The first-order valence-corrected chi connectivity index (χ1v) is 9.07. The SMILES string of the molecule is NC[C@@H]1C[C@@H](c2nc(C(c3ccccc3)c3ccccc3)no2)C[C@@H]1O. The van der Waals surface area contributed by atoms with E-state index in [1.807, 2.05) is 36.4 Å². The number of aromatic nitrogens is 2. The first-order valence-electron chi connectivity index (χ1n) is 9.07. The number of benzene rings is 2. The Morgan fingerprint density at radius 2 is 1.62 bits per heavy atom. The van der Waals surface area contributed by atoms with Crippen LogP contribution < -0.4 is 5.73 Å². The van der Waals surface area contributed by atoms with Crippen LogP contribution in [0.1, 0.15) is 47.5 Å². The molecule has 3 N–H and O–H groups in total. The summed E-state index contributed by atoms with van der Waals surface area (Å²) in [7, 11) is 0. The lowest BCUT2D eigenvalue weighted by Crippen LogP contribution is -2.21. The molecule has 0 radical (unpaired) electrons. The van der Waals surface area contributed by atoms with E-state index >= 15 is 0 Å². The molecule has 0 amide bonds. The van der Waals surface area contributed by atoms with Crippen molar-refractivity contribution in [2.75, 3.05) is 6.54 Å². The first kappa shape index (κ1) is 16.9. The summed E-state index contributed by atoms with van der Waals surface area (Å²) in [5.41, 5.74) is 7.99. The van der Waals surface area contributed by atoms with Crippen LogP contribution in [0.5, 0.6) is 0 Å². The van der Waals surface area contributed by atoms with E-state index in [4.69, 9.17) is 15.2 Å². The zero-order valence-electron chi connectivity index (χ0n) is 14.5. The van der Waals surface area contributed by atoms with Gasteiger partial charge in [-0.25, -0.2) is 0 Å². The van der Waals surface area contributed by atoms with Crippen LogP contribution in [0.3, 0.4) is 0 Å². The Labute approximate surface area is 152 Å². The van der Waals surface area contributed by atoms with Crippen LogP contribution in [0, 0.1) is 5.92 Å². The van der Waals surface area contributed by atoms with E-state index in [9.17, 15) is 5.11 Å². The number of nitrogens with zero attached hydrogens (tertiary/aromatic N) is 2. The van der Waals surface area contributed by atoms with Crippen LogP contribution in [0.25, 0.3) is 0 Å². The second kappa shape index (κ2) is 7.40. The molecule has 26 heavy (non-hydrogen) atoms. The molecular weight excluding hydrogens is 326 g/mol. The molecule has 0 unspecified atom stereocenters. The minimum atomic E-state index is -0.389. The van der Waals surface area contributed by atoms with Gasteiger partial charge in [-0.05, 0) is 36.4 Å².